The van der Waals surface area contributed by atoms with E-state index in [1.165, 1.54) is 25.7 Å². The van der Waals surface area contributed by atoms with Gasteiger partial charge in [0.05, 0.1) is 12.2 Å². The summed E-state index contributed by atoms with van der Waals surface area (Å²) in [5.41, 5.74) is -0.516. The van der Waals surface area contributed by atoms with Crippen molar-refractivity contribution < 1.29 is 24.2 Å². The smallest absolute Gasteiger partial charge is 0.272 e. The summed E-state index contributed by atoms with van der Waals surface area (Å²) in [4.78, 5) is 50.1. The molecule has 37 heavy (non-hydrogen) atoms. The molecule has 0 aromatic carbocycles. The first kappa shape index (κ1) is 29.3. The van der Waals surface area contributed by atoms with Crippen LogP contribution in [-0.4, -0.2) is 80.5 Å². The van der Waals surface area contributed by atoms with Crippen molar-refractivity contribution in [3.8, 4) is 0 Å². The minimum atomic E-state index is -1.17. The number of thiol groups is 1. The predicted molar refractivity (Wildman–Crippen MR) is 142 cm³/mol. The Labute approximate surface area is 224 Å². The molecule has 0 spiro atoms. The van der Waals surface area contributed by atoms with Gasteiger partial charge in [-0.05, 0) is 37.5 Å². The fourth-order valence-corrected chi connectivity index (χ4v) is 5.65. The molecule has 3 amide bonds. The molecule has 1 aliphatic carbocycles. The van der Waals surface area contributed by atoms with Crippen molar-refractivity contribution in [2.45, 2.75) is 95.4 Å². The molecule has 0 radical (unpaired) electrons. The molecule has 1 aliphatic heterocycles. The van der Waals surface area contributed by atoms with Gasteiger partial charge in [-0.2, -0.15) is 12.6 Å². The summed E-state index contributed by atoms with van der Waals surface area (Å²) in [5.74, 6) is -1.26. The molecule has 1 saturated heterocycles. The molecule has 1 saturated carbocycles. The van der Waals surface area contributed by atoms with Gasteiger partial charge >= 0.3 is 0 Å². The molecule has 3 rings (SSSR count). The first-order valence-corrected chi connectivity index (χ1v) is 13.4. The van der Waals surface area contributed by atoms with Gasteiger partial charge < -0.3 is 25.4 Å². The number of hydrogen-bond donors (Lipinski definition) is 4. The number of ether oxygens (including phenoxy) is 1. The van der Waals surface area contributed by atoms with E-state index in [9.17, 15) is 19.5 Å². The summed E-state index contributed by atoms with van der Waals surface area (Å²) in [6.07, 6.45) is 8.18. The van der Waals surface area contributed by atoms with Gasteiger partial charge in [0, 0.05) is 30.8 Å². The van der Waals surface area contributed by atoms with E-state index in [4.69, 9.17) is 4.74 Å². The van der Waals surface area contributed by atoms with Crippen molar-refractivity contribution in [3.05, 3.63) is 24.3 Å². The minimum Gasteiger partial charge on any atom is -0.366 e. The lowest BCUT2D eigenvalue weighted by Gasteiger charge is -2.38. The van der Waals surface area contributed by atoms with Crippen LogP contribution in [0.3, 0.4) is 0 Å². The van der Waals surface area contributed by atoms with Crippen LogP contribution in [0, 0.1) is 11.3 Å². The average Bonchev–Trinajstić information content (AvgIpc) is 3.20. The molecule has 4 unspecified atom stereocenters. The number of carbonyl (C=O) groups excluding carboxylic acids is 3. The lowest BCUT2D eigenvalue weighted by molar-refractivity contribution is -0.154. The van der Waals surface area contributed by atoms with Gasteiger partial charge in [-0.3, -0.25) is 19.4 Å². The molecular weight excluding hydrogens is 494 g/mol. The Hall–Kier alpha value is -2.24. The Morgan fingerprint density at radius 2 is 1.86 bits per heavy atom. The van der Waals surface area contributed by atoms with Gasteiger partial charge in [-0.15, -0.1) is 0 Å². The lowest BCUT2D eigenvalue weighted by Crippen LogP contribution is -2.61. The summed E-state index contributed by atoms with van der Waals surface area (Å²) in [7, 11) is 1.39. The second-order valence-electron chi connectivity index (χ2n) is 11.6. The van der Waals surface area contributed by atoms with Crippen LogP contribution in [0.1, 0.15) is 76.7 Å². The van der Waals surface area contributed by atoms with Crippen LogP contribution in [0.15, 0.2) is 18.6 Å². The summed E-state index contributed by atoms with van der Waals surface area (Å²) in [6.45, 7) is 7.84. The average molecular weight is 536 g/mol. The number of nitrogens with one attached hydrogen (secondary N) is 2. The van der Waals surface area contributed by atoms with Crippen LogP contribution in [0.25, 0.3) is 0 Å². The van der Waals surface area contributed by atoms with Gasteiger partial charge in [0.15, 0.2) is 6.29 Å². The molecule has 0 bridgehead atoms. The number of amides is 3. The maximum Gasteiger partial charge on any atom is 0.272 e. The third kappa shape index (κ3) is 7.42. The van der Waals surface area contributed by atoms with Crippen molar-refractivity contribution in [2.75, 3.05) is 13.7 Å². The topological polar surface area (TPSA) is 134 Å². The Balaban J connectivity index is 1.85. The normalized spacial score (nSPS) is 25.3. The third-order valence-electron chi connectivity index (χ3n) is 7.30. The Morgan fingerprint density at radius 3 is 2.43 bits per heavy atom. The summed E-state index contributed by atoms with van der Waals surface area (Å²) < 4.78 is 4.63. The number of carbonyl (C=O) groups is 3. The van der Waals surface area contributed by atoms with E-state index in [0.717, 1.165) is 32.1 Å². The van der Waals surface area contributed by atoms with E-state index in [0.29, 0.717) is 13.0 Å². The van der Waals surface area contributed by atoms with Gasteiger partial charge in [0.25, 0.3) is 5.91 Å². The molecule has 2 fully saturated rings. The highest BCUT2D eigenvalue weighted by molar-refractivity contribution is 7.81. The summed E-state index contributed by atoms with van der Waals surface area (Å²) in [6, 6.07) is -2.30. The molecular formula is C26H41N5O5S. The van der Waals surface area contributed by atoms with E-state index in [-0.39, 0.29) is 17.5 Å². The number of likely N-dealkylation sites (tertiary alicyclic amines) is 1. The van der Waals surface area contributed by atoms with Crippen LogP contribution in [0.2, 0.25) is 0 Å². The molecule has 10 nitrogen and oxygen atoms in total. The van der Waals surface area contributed by atoms with E-state index in [1.54, 1.807) is 4.90 Å². The molecule has 11 heteroatoms. The van der Waals surface area contributed by atoms with Crippen LogP contribution >= 0.6 is 12.6 Å². The first-order valence-electron chi connectivity index (χ1n) is 12.9. The highest BCUT2D eigenvalue weighted by Crippen LogP contribution is 2.36. The molecule has 1 aromatic rings. The van der Waals surface area contributed by atoms with Crippen molar-refractivity contribution in [2.24, 2.45) is 11.3 Å². The lowest BCUT2D eigenvalue weighted by atomic mass is 9.82. The summed E-state index contributed by atoms with van der Waals surface area (Å²) >= 11 is 4.67. The number of rotatable bonds is 8. The SMILES string of the molecule is COC(O)C1CC(C)(S)CN1C(=O)C(NC(=O)[C@@H](NC(=O)c1cnccn1)C1CCCCC1)C(C)(C)C. The zero-order chi connectivity index (χ0) is 27.4. The number of aliphatic hydroxyl groups excluding tert-OH is 1. The van der Waals surface area contributed by atoms with Crippen LogP contribution < -0.4 is 10.6 Å². The predicted octanol–water partition coefficient (Wildman–Crippen LogP) is 1.94. The van der Waals surface area contributed by atoms with E-state index >= 15 is 0 Å². The Morgan fingerprint density at radius 1 is 1.19 bits per heavy atom. The van der Waals surface area contributed by atoms with Crippen LogP contribution in [-0.2, 0) is 14.3 Å². The number of aliphatic hydroxyl groups is 1. The van der Waals surface area contributed by atoms with Crippen molar-refractivity contribution in [1.82, 2.24) is 25.5 Å². The molecule has 3 N–H and O–H groups in total. The highest BCUT2D eigenvalue weighted by Gasteiger charge is 2.48. The van der Waals surface area contributed by atoms with E-state index < -0.39 is 46.4 Å². The second kappa shape index (κ2) is 12.1. The number of aromatic nitrogens is 2. The van der Waals surface area contributed by atoms with Gasteiger partial charge in [-0.1, -0.05) is 40.0 Å². The fraction of sp³-hybridized carbons (Fsp3) is 0.731. The maximum atomic E-state index is 13.9. The van der Waals surface area contributed by atoms with Crippen molar-refractivity contribution >= 4 is 30.4 Å². The summed E-state index contributed by atoms with van der Waals surface area (Å²) in [5, 5.41) is 16.3. The van der Waals surface area contributed by atoms with Gasteiger partial charge in [0.2, 0.25) is 11.8 Å². The monoisotopic (exact) mass is 535 g/mol. The highest BCUT2D eigenvalue weighted by atomic mass is 32.1. The van der Waals surface area contributed by atoms with E-state index in [2.05, 4.69) is 33.2 Å². The number of hydrogen-bond acceptors (Lipinski definition) is 8. The van der Waals surface area contributed by atoms with Crippen molar-refractivity contribution in [3.63, 3.8) is 0 Å². The van der Waals surface area contributed by atoms with Crippen LogP contribution in [0.5, 0.6) is 0 Å². The molecule has 1 aromatic heterocycles. The fourth-order valence-electron chi connectivity index (χ4n) is 5.31. The molecule has 5 atom stereocenters. The zero-order valence-corrected chi connectivity index (χ0v) is 23.3. The number of nitrogens with zero attached hydrogens (tertiary/aromatic N) is 3. The Bertz CT molecular complexity index is 948. The molecule has 2 heterocycles. The standard InChI is InChI=1S/C26H41N5O5S/c1-25(2,3)20(23(34)31-15-26(4,37)13-18(31)24(35)36-5)30-22(33)19(16-9-7-6-8-10-16)29-21(32)17-14-27-11-12-28-17/h11-12,14,16,18-20,24,35,37H,6-10,13,15H2,1-5H3,(H,29,32)(H,30,33)/t18?,19-,20?,24?,26?/m0/s1. The minimum absolute atomic E-state index is 0.0549. The largest absolute Gasteiger partial charge is 0.366 e. The van der Waals surface area contributed by atoms with Crippen LogP contribution in [0.4, 0.5) is 0 Å². The van der Waals surface area contributed by atoms with E-state index in [1.807, 2.05) is 27.7 Å². The zero-order valence-electron chi connectivity index (χ0n) is 22.4. The van der Waals surface area contributed by atoms with Gasteiger partial charge in [0.1, 0.15) is 17.8 Å². The quantitative estimate of drug-likeness (QED) is 0.295. The number of methoxy groups -OCH3 is 1. The Kier molecular flexibility index (Phi) is 9.57. The van der Waals surface area contributed by atoms with Gasteiger partial charge in [-0.25, -0.2) is 4.98 Å². The third-order valence-corrected chi connectivity index (χ3v) is 7.62. The maximum absolute atomic E-state index is 13.9. The van der Waals surface area contributed by atoms with Crippen molar-refractivity contribution in [1.29, 1.82) is 0 Å². The second-order valence-corrected chi connectivity index (χ2v) is 12.7. The molecule has 2 aliphatic rings. The first-order chi connectivity index (χ1) is 17.3. The molecule has 206 valence electrons.